The molecule has 0 radical (unpaired) electrons. The Bertz CT molecular complexity index is 1070. The molecule has 2 fully saturated rings. The third kappa shape index (κ3) is 4.27. The second-order valence-corrected chi connectivity index (χ2v) is 9.70. The molecule has 5 rings (SSSR count). The number of primary amides is 1. The van der Waals surface area contributed by atoms with E-state index in [2.05, 4.69) is 52.2 Å². The molecule has 1 amide bonds. The van der Waals surface area contributed by atoms with Crippen LogP contribution in [0.3, 0.4) is 0 Å². The van der Waals surface area contributed by atoms with Gasteiger partial charge in [-0.05, 0) is 73.1 Å². The molecule has 0 spiro atoms. The average Bonchev–Trinajstić information content (AvgIpc) is 3.50. The van der Waals surface area contributed by atoms with Crippen molar-refractivity contribution < 1.29 is 9.53 Å². The van der Waals surface area contributed by atoms with Crippen LogP contribution in [0.2, 0.25) is 0 Å². The van der Waals surface area contributed by atoms with Gasteiger partial charge in [0.15, 0.2) is 0 Å². The van der Waals surface area contributed by atoms with Gasteiger partial charge in [-0.1, -0.05) is 36.0 Å². The lowest BCUT2D eigenvalue weighted by molar-refractivity contribution is -0.127. The number of aromatic nitrogens is 2. The first-order valence-corrected chi connectivity index (χ1v) is 11.7. The maximum Gasteiger partial charge on any atom is 0.228 e. The van der Waals surface area contributed by atoms with Crippen LogP contribution in [0.4, 0.5) is 0 Å². The predicted octanol–water partition coefficient (Wildman–Crippen LogP) is 4.64. The summed E-state index contributed by atoms with van der Waals surface area (Å²) < 4.78 is 7.60. The Labute approximate surface area is 187 Å². The van der Waals surface area contributed by atoms with Gasteiger partial charge in [-0.15, -0.1) is 0 Å². The second-order valence-electron chi connectivity index (χ2n) is 8.55. The molecule has 31 heavy (non-hydrogen) atoms. The quantitative estimate of drug-likeness (QED) is 0.589. The first kappa shape index (κ1) is 20.3. The molecule has 1 aliphatic heterocycles. The lowest BCUT2D eigenvalue weighted by Crippen LogP contribution is -2.45. The van der Waals surface area contributed by atoms with Gasteiger partial charge in [-0.25, -0.2) is 0 Å². The lowest BCUT2D eigenvalue weighted by atomic mass is 9.73. The molecule has 3 aromatic rings. The third-order valence-electron chi connectivity index (χ3n) is 6.44. The van der Waals surface area contributed by atoms with Crippen molar-refractivity contribution in [2.45, 2.75) is 47.4 Å². The van der Waals surface area contributed by atoms with Crippen LogP contribution in [-0.4, -0.2) is 28.9 Å². The van der Waals surface area contributed by atoms with Gasteiger partial charge < -0.3 is 10.5 Å². The second kappa shape index (κ2) is 8.52. The monoisotopic (exact) mass is 433 g/mol. The zero-order valence-corrected chi connectivity index (χ0v) is 18.3. The number of benzene rings is 2. The van der Waals surface area contributed by atoms with Gasteiger partial charge in [-0.3, -0.25) is 9.48 Å². The van der Waals surface area contributed by atoms with Crippen molar-refractivity contribution in [1.29, 1.82) is 0 Å². The number of rotatable bonds is 7. The highest BCUT2D eigenvalue weighted by atomic mass is 32.2. The van der Waals surface area contributed by atoms with Crippen LogP contribution in [0.5, 0.6) is 0 Å². The largest absolute Gasteiger partial charge is 0.381 e. The minimum atomic E-state index is -0.626. The van der Waals surface area contributed by atoms with E-state index in [0.717, 1.165) is 27.8 Å². The van der Waals surface area contributed by atoms with Gasteiger partial charge in [0.1, 0.15) is 0 Å². The number of carbonyl (C=O) groups excluding carboxylic acids is 1. The number of nitrogens with zero attached hydrogens (tertiary/aromatic N) is 2. The van der Waals surface area contributed by atoms with E-state index in [1.54, 1.807) is 11.8 Å². The van der Waals surface area contributed by atoms with E-state index in [4.69, 9.17) is 10.5 Å². The number of hydrogen-bond donors (Lipinski definition) is 1. The Hall–Kier alpha value is -2.57. The molecule has 2 aliphatic rings. The van der Waals surface area contributed by atoms with E-state index < -0.39 is 5.41 Å². The molecule has 2 heterocycles. The summed E-state index contributed by atoms with van der Waals surface area (Å²) in [4.78, 5) is 14.6. The summed E-state index contributed by atoms with van der Waals surface area (Å²) in [5, 5.41) is 4.50. The molecule has 0 bridgehead atoms. The highest BCUT2D eigenvalue weighted by molar-refractivity contribution is 7.99. The Kier molecular flexibility index (Phi) is 5.59. The highest BCUT2D eigenvalue weighted by Gasteiger charge is 2.40. The molecule has 0 atom stereocenters. The van der Waals surface area contributed by atoms with Crippen molar-refractivity contribution in [3.8, 4) is 11.3 Å². The fraction of sp³-hybridized carbons (Fsp3) is 0.360. The fourth-order valence-corrected chi connectivity index (χ4v) is 5.23. The van der Waals surface area contributed by atoms with Crippen LogP contribution in [0.1, 0.15) is 31.2 Å². The maximum atomic E-state index is 12.3. The normalized spacial score (nSPS) is 18.1. The molecule has 5 nitrogen and oxygen atoms in total. The molecule has 6 heteroatoms. The van der Waals surface area contributed by atoms with Crippen molar-refractivity contribution in [3.05, 3.63) is 66.4 Å². The van der Waals surface area contributed by atoms with Crippen molar-refractivity contribution in [3.63, 3.8) is 0 Å². The molecule has 1 aromatic heterocycles. The molecular formula is C25H27N3O2S. The maximum absolute atomic E-state index is 12.3. The Morgan fingerprint density at radius 3 is 2.58 bits per heavy atom. The van der Waals surface area contributed by atoms with Crippen LogP contribution >= 0.6 is 11.8 Å². The predicted molar refractivity (Wildman–Crippen MR) is 122 cm³/mol. The molecule has 1 saturated carbocycles. The lowest BCUT2D eigenvalue weighted by Gasteiger charge is -2.34. The summed E-state index contributed by atoms with van der Waals surface area (Å²) in [6.07, 6.45) is 5.80. The number of ether oxygens (including phenoxy) is 1. The van der Waals surface area contributed by atoms with Gasteiger partial charge in [0.05, 0.1) is 11.1 Å². The third-order valence-corrected chi connectivity index (χ3v) is 7.43. The van der Waals surface area contributed by atoms with Gasteiger partial charge in [0, 0.05) is 35.7 Å². The smallest absolute Gasteiger partial charge is 0.228 e. The van der Waals surface area contributed by atoms with Crippen molar-refractivity contribution in [2.75, 3.05) is 13.2 Å². The zero-order chi connectivity index (χ0) is 21.3. The van der Waals surface area contributed by atoms with Crippen LogP contribution in [0, 0.1) is 5.92 Å². The summed E-state index contributed by atoms with van der Waals surface area (Å²) >= 11 is 1.70. The Morgan fingerprint density at radius 2 is 1.87 bits per heavy atom. The zero-order valence-electron chi connectivity index (χ0n) is 17.5. The van der Waals surface area contributed by atoms with Gasteiger partial charge in [-0.2, -0.15) is 5.10 Å². The molecule has 0 unspecified atom stereocenters. The van der Waals surface area contributed by atoms with Crippen molar-refractivity contribution >= 4 is 17.7 Å². The number of hydrogen-bond acceptors (Lipinski definition) is 4. The minimum Gasteiger partial charge on any atom is -0.381 e. The molecule has 2 aromatic carbocycles. The SMILES string of the molecule is NC(=O)C1(c2cccc(Sc3ccc(-c4ccnn4CC4CC4)cc3)c2)CCOCC1. The van der Waals surface area contributed by atoms with Crippen molar-refractivity contribution in [2.24, 2.45) is 11.7 Å². The van der Waals surface area contributed by atoms with E-state index >= 15 is 0 Å². The van der Waals surface area contributed by atoms with Crippen LogP contribution in [-0.2, 0) is 21.5 Å². The van der Waals surface area contributed by atoms with E-state index in [9.17, 15) is 4.79 Å². The van der Waals surface area contributed by atoms with Crippen molar-refractivity contribution in [1.82, 2.24) is 9.78 Å². The Morgan fingerprint density at radius 1 is 1.10 bits per heavy atom. The highest BCUT2D eigenvalue weighted by Crippen LogP contribution is 2.38. The summed E-state index contributed by atoms with van der Waals surface area (Å²) in [7, 11) is 0. The van der Waals surface area contributed by atoms with E-state index in [0.29, 0.717) is 26.1 Å². The summed E-state index contributed by atoms with van der Waals surface area (Å²) in [6.45, 7) is 2.15. The molecular weight excluding hydrogens is 406 g/mol. The average molecular weight is 434 g/mol. The summed E-state index contributed by atoms with van der Waals surface area (Å²) in [5.41, 5.74) is 8.57. The first-order valence-electron chi connectivity index (χ1n) is 10.9. The molecule has 1 aliphatic carbocycles. The number of carbonyl (C=O) groups is 1. The van der Waals surface area contributed by atoms with E-state index in [1.165, 1.54) is 24.1 Å². The van der Waals surface area contributed by atoms with Gasteiger partial charge in [0.2, 0.25) is 5.91 Å². The summed E-state index contributed by atoms with van der Waals surface area (Å²) in [5.74, 6) is 0.533. The van der Waals surface area contributed by atoms with E-state index in [-0.39, 0.29) is 5.91 Å². The van der Waals surface area contributed by atoms with Crippen LogP contribution in [0.25, 0.3) is 11.3 Å². The molecule has 1 saturated heterocycles. The molecule has 2 N–H and O–H groups in total. The number of nitrogens with two attached hydrogens (primary N) is 1. The standard InChI is InChI=1S/C25H27N3O2S/c26-24(29)25(11-14-30-15-12-25)20-2-1-3-22(16-20)31-21-8-6-19(7-9-21)23-10-13-27-28(23)17-18-4-5-18/h1-3,6-10,13,16,18H,4-5,11-12,14-15,17H2,(H2,26,29). The first-order chi connectivity index (χ1) is 15.1. The van der Waals surface area contributed by atoms with Crippen LogP contribution < -0.4 is 5.73 Å². The summed E-state index contributed by atoms with van der Waals surface area (Å²) in [6, 6.07) is 18.9. The topological polar surface area (TPSA) is 70.1 Å². The minimum absolute atomic E-state index is 0.259. The number of amides is 1. The molecule has 160 valence electrons. The van der Waals surface area contributed by atoms with Crippen LogP contribution in [0.15, 0.2) is 70.6 Å². The van der Waals surface area contributed by atoms with E-state index in [1.807, 2.05) is 18.3 Å². The fourth-order valence-electron chi connectivity index (χ4n) is 4.35. The Balaban J connectivity index is 1.34. The van der Waals surface area contributed by atoms with Gasteiger partial charge >= 0.3 is 0 Å². The van der Waals surface area contributed by atoms with Gasteiger partial charge in [0.25, 0.3) is 0 Å².